The first-order chi connectivity index (χ1) is 8.00. The Morgan fingerprint density at radius 1 is 1.24 bits per heavy atom. The van der Waals surface area contributed by atoms with Crippen molar-refractivity contribution in [1.82, 2.24) is 0 Å². The van der Waals surface area contributed by atoms with Gasteiger partial charge >= 0.3 is 0 Å². The molecule has 94 valence electrons. The molecule has 0 bridgehead atoms. The van der Waals surface area contributed by atoms with Gasteiger partial charge in [0.25, 0.3) is 0 Å². The average Bonchev–Trinajstić information content (AvgIpc) is 2.71. The van der Waals surface area contributed by atoms with E-state index in [-0.39, 0.29) is 10.0 Å². The molecule has 1 aliphatic rings. The van der Waals surface area contributed by atoms with Gasteiger partial charge in [0, 0.05) is 12.2 Å². The second-order valence-corrected chi connectivity index (χ2v) is 5.35. The minimum atomic E-state index is -0.659. The Hall–Kier alpha value is -0.510. The molecule has 0 aliphatic heterocycles. The van der Waals surface area contributed by atoms with Crippen molar-refractivity contribution < 1.29 is 9.50 Å². The Kier molecular flexibility index (Phi) is 3.81. The van der Waals surface area contributed by atoms with Crippen LogP contribution in [0.25, 0.3) is 0 Å². The lowest BCUT2D eigenvalue weighted by Gasteiger charge is -2.23. The van der Waals surface area contributed by atoms with Crippen LogP contribution in [0.2, 0.25) is 10.0 Å². The molecule has 0 atom stereocenters. The predicted molar refractivity (Wildman–Crippen MR) is 68.3 cm³/mol. The van der Waals surface area contributed by atoms with Crippen LogP contribution in [0.3, 0.4) is 0 Å². The Bertz CT molecular complexity index is 396. The minimum absolute atomic E-state index is 0.0154. The highest BCUT2D eigenvalue weighted by molar-refractivity contribution is 6.35. The highest BCUT2D eigenvalue weighted by Crippen LogP contribution is 2.31. The summed E-state index contributed by atoms with van der Waals surface area (Å²) in [7, 11) is 0. The second-order valence-electron chi connectivity index (χ2n) is 4.54. The molecular weight excluding hydrogens is 264 g/mol. The lowest BCUT2D eigenvalue weighted by molar-refractivity contribution is 0.0615. The topological polar surface area (TPSA) is 32.3 Å². The molecule has 0 aromatic heterocycles. The highest BCUT2D eigenvalue weighted by Gasteiger charge is 2.30. The van der Waals surface area contributed by atoms with Crippen molar-refractivity contribution in [3.05, 3.63) is 28.0 Å². The zero-order valence-corrected chi connectivity index (χ0v) is 10.8. The largest absolute Gasteiger partial charge is 0.388 e. The summed E-state index contributed by atoms with van der Waals surface area (Å²) < 4.78 is 13.2. The first-order valence-electron chi connectivity index (χ1n) is 5.61. The zero-order valence-electron chi connectivity index (χ0n) is 9.27. The van der Waals surface area contributed by atoms with Gasteiger partial charge in [-0.2, -0.15) is 0 Å². The van der Waals surface area contributed by atoms with Gasteiger partial charge in [-0.3, -0.25) is 0 Å². The Labute approximate surface area is 110 Å². The summed E-state index contributed by atoms with van der Waals surface area (Å²) in [6.45, 7) is 0.436. The van der Waals surface area contributed by atoms with Gasteiger partial charge in [-0.25, -0.2) is 4.39 Å². The number of benzene rings is 1. The maximum Gasteiger partial charge on any atom is 0.160 e. The summed E-state index contributed by atoms with van der Waals surface area (Å²) in [5.74, 6) is -0.613. The van der Waals surface area contributed by atoms with Crippen LogP contribution in [0.4, 0.5) is 10.1 Å². The standard InChI is InChI=1S/C12H14Cl2FNO/c13-9-5-8(6-10(14)11(9)15)16-7-12(17)3-1-2-4-12/h5-6,16-17H,1-4,7H2. The van der Waals surface area contributed by atoms with E-state index in [1.807, 2.05) is 0 Å². The summed E-state index contributed by atoms with van der Waals surface area (Å²) in [5, 5.41) is 13.2. The Balaban J connectivity index is 2.04. The molecule has 2 rings (SSSR count). The van der Waals surface area contributed by atoms with Crippen molar-refractivity contribution in [2.45, 2.75) is 31.3 Å². The summed E-state index contributed by atoms with van der Waals surface area (Å²) >= 11 is 11.4. The Morgan fingerprint density at radius 2 is 1.76 bits per heavy atom. The van der Waals surface area contributed by atoms with Crippen LogP contribution >= 0.6 is 23.2 Å². The van der Waals surface area contributed by atoms with Gasteiger partial charge < -0.3 is 10.4 Å². The molecule has 0 heterocycles. The third-order valence-corrected chi connectivity index (χ3v) is 3.69. The molecule has 0 amide bonds. The fourth-order valence-corrected chi connectivity index (χ4v) is 2.62. The quantitative estimate of drug-likeness (QED) is 0.823. The minimum Gasteiger partial charge on any atom is -0.388 e. The van der Waals surface area contributed by atoms with E-state index in [1.165, 1.54) is 12.1 Å². The van der Waals surface area contributed by atoms with Crippen LogP contribution in [0.15, 0.2) is 12.1 Å². The average molecular weight is 278 g/mol. The van der Waals surface area contributed by atoms with Gasteiger partial charge in [0.2, 0.25) is 0 Å². The summed E-state index contributed by atoms with van der Waals surface area (Å²) in [6, 6.07) is 2.95. The molecule has 0 saturated heterocycles. The molecular formula is C12H14Cl2FNO. The van der Waals surface area contributed by atoms with E-state index in [1.54, 1.807) is 0 Å². The van der Waals surface area contributed by atoms with Gasteiger partial charge in [-0.1, -0.05) is 36.0 Å². The van der Waals surface area contributed by atoms with Gasteiger partial charge in [0.05, 0.1) is 15.6 Å². The molecule has 1 aliphatic carbocycles. The van der Waals surface area contributed by atoms with Gasteiger partial charge in [-0.15, -0.1) is 0 Å². The smallest absolute Gasteiger partial charge is 0.160 e. The summed E-state index contributed by atoms with van der Waals surface area (Å²) in [6.07, 6.45) is 3.68. The van der Waals surface area contributed by atoms with Crippen molar-refractivity contribution in [1.29, 1.82) is 0 Å². The maximum absolute atomic E-state index is 13.2. The highest BCUT2D eigenvalue weighted by atomic mass is 35.5. The SMILES string of the molecule is OC1(CNc2cc(Cl)c(F)c(Cl)c2)CCCC1. The third kappa shape index (κ3) is 3.03. The van der Waals surface area contributed by atoms with Crippen molar-refractivity contribution in [2.75, 3.05) is 11.9 Å². The van der Waals surface area contributed by atoms with Gasteiger partial charge in [-0.05, 0) is 25.0 Å². The summed E-state index contributed by atoms with van der Waals surface area (Å²) in [4.78, 5) is 0. The fourth-order valence-electron chi connectivity index (χ4n) is 2.13. The normalized spacial score (nSPS) is 18.4. The predicted octanol–water partition coefficient (Wildman–Crippen LogP) is 3.85. The van der Waals surface area contributed by atoms with E-state index in [9.17, 15) is 9.50 Å². The van der Waals surface area contributed by atoms with Crippen molar-refractivity contribution >= 4 is 28.9 Å². The van der Waals surface area contributed by atoms with E-state index in [4.69, 9.17) is 23.2 Å². The molecule has 1 aromatic rings. The molecule has 1 saturated carbocycles. The lowest BCUT2D eigenvalue weighted by atomic mass is 10.0. The lowest BCUT2D eigenvalue weighted by Crippen LogP contribution is -2.33. The molecule has 17 heavy (non-hydrogen) atoms. The van der Waals surface area contributed by atoms with Crippen LogP contribution in [-0.4, -0.2) is 17.3 Å². The van der Waals surface area contributed by atoms with E-state index in [0.29, 0.717) is 12.2 Å². The number of hydrogen-bond acceptors (Lipinski definition) is 2. The third-order valence-electron chi connectivity index (χ3n) is 3.14. The van der Waals surface area contributed by atoms with Crippen molar-refractivity contribution in [3.8, 4) is 0 Å². The molecule has 0 spiro atoms. The molecule has 2 nitrogen and oxygen atoms in total. The number of hydrogen-bond donors (Lipinski definition) is 2. The van der Waals surface area contributed by atoms with Crippen molar-refractivity contribution in [3.63, 3.8) is 0 Å². The molecule has 1 aromatic carbocycles. The van der Waals surface area contributed by atoms with E-state index < -0.39 is 11.4 Å². The van der Waals surface area contributed by atoms with Gasteiger partial charge in [0.1, 0.15) is 0 Å². The van der Waals surface area contributed by atoms with E-state index >= 15 is 0 Å². The number of halogens is 3. The van der Waals surface area contributed by atoms with E-state index in [0.717, 1.165) is 25.7 Å². The van der Waals surface area contributed by atoms with Crippen LogP contribution < -0.4 is 5.32 Å². The first kappa shape index (κ1) is 12.9. The second kappa shape index (κ2) is 5.01. The maximum atomic E-state index is 13.2. The van der Waals surface area contributed by atoms with E-state index in [2.05, 4.69) is 5.32 Å². The monoisotopic (exact) mass is 277 g/mol. The first-order valence-corrected chi connectivity index (χ1v) is 6.37. The van der Waals surface area contributed by atoms with Crippen LogP contribution in [-0.2, 0) is 0 Å². The number of rotatable bonds is 3. The molecule has 0 unspecified atom stereocenters. The fraction of sp³-hybridized carbons (Fsp3) is 0.500. The van der Waals surface area contributed by atoms with Crippen LogP contribution in [0.1, 0.15) is 25.7 Å². The Morgan fingerprint density at radius 3 is 2.29 bits per heavy atom. The molecule has 5 heteroatoms. The molecule has 0 radical (unpaired) electrons. The number of aliphatic hydroxyl groups is 1. The summed E-state index contributed by atoms with van der Waals surface area (Å²) in [5.41, 5.74) is -0.0328. The molecule has 2 N–H and O–H groups in total. The number of anilines is 1. The van der Waals surface area contributed by atoms with Crippen molar-refractivity contribution in [2.24, 2.45) is 0 Å². The zero-order chi connectivity index (χ0) is 12.5. The molecule has 1 fully saturated rings. The van der Waals surface area contributed by atoms with Crippen LogP contribution in [0.5, 0.6) is 0 Å². The van der Waals surface area contributed by atoms with Gasteiger partial charge in [0.15, 0.2) is 5.82 Å². The number of nitrogens with one attached hydrogen (secondary N) is 1. The van der Waals surface area contributed by atoms with Crippen LogP contribution in [0, 0.1) is 5.82 Å².